The Hall–Kier alpha value is -2.53. The van der Waals surface area contributed by atoms with Gasteiger partial charge in [0.05, 0.1) is 0 Å². The van der Waals surface area contributed by atoms with Crippen LogP contribution in [0.15, 0.2) is 42.5 Å². The van der Waals surface area contributed by atoms with E-state index in [1.165, 1.54) is 0 Å². The Morgan fingerprint density at radius 2 is 1.75 bits per heavy atom. The largest absolute Gasteiger partial charge is 0.481 e. The number of benzene rings is 2. The predicted molar refractivity (Wildman–Crippen MR) is 93.1 cm³/mol. The van der Waals surface area contributed by atoms with E-state index in [0.29, 0.717) is 16.3 Å². The average molecular weight is 347 g/mol. The molecule has 5 nitrogen and oxygen atoms in total. The zero-order chi connectivity index (χ0) is 17.7. The second-order valence-corrected chi connectivity index (χ2v) is 5.86. The molecule has 2 aromatic rings. The normalized spacial score (nSPS) is 11.5. The van der Waals surface area contributed by atoms with Crippen molar-refractivity contribution in [1.82, 2.24) is 10.9 Å². The Morgan fingerprint density at radius 1 is 1.04 bits per heavy atom. The number of aryl methyl sites for hydroxylation is 2. The molecule has 0 fully saturated rings. The number of hydrogen-bond acceptors (Lipinski definition) is 3. The Labute approximate surface area is 145 Å². The molecule has 0 bridgehead atoms. The van der Waals surface area contributed by atoms with Crippen LogP contribution in [-0.2, 0) is 4.79 Å². The smallest absolute Gasteiger partial charge is 0.279 e. The zero-order valence-corrected chi connectivity index (χ0v) is 14.5. The number of amides is 2. The molecule has 0 aliphatic carbocycles. The van der Waals surface area contributed by atoms with Crippen molar-refractivity contribution in [2.24, 2.45) is 0 Å². The maximum Gasteiger partial charge on any atom is 0.279 e. The fourth-order valence-electron chi connectivity index (χ4n) is 2.10. The first-order valence-corrected chi connectivity index (χ1v) is 7.85. The number of halogens is 1. The Morgan fingerprint density at radius 3 is 2.42 bits per heavy atom. The fourth-order valence-corrected chi connectivity index (χ4v) is 2.33. The lowest BCUT2D eigenvalue weighted by Gasteiger charge is -2.17. The van der Waals surface area contributed by atoms with E-state index >= 15 is 0 Å². The molecule has 0 aliphatic rings. The van der Waals surface area contributed by atoms with E-state index in [4.69, 9.17) is 16.3 Å². The van der Waals surface area contributed by atoms with Gasteiger partial charge >= 0.3 is 0 Å². The van der Waals surface area contributed by atoms with E-state index in [1.807, 2.05) is 26.0 Å². The molecule has 1 atom stereocenters. The number of ether oxygens (including phenoxy) is 1. The van der Waals surface area contributed by atoms with Crippen LogP contribution in [0.3, 0.4) is 0 Å². The van der Waals surface area contributed by atoms with Gasteiger partial charge in [-0.05, 0) is 56.2 Å². The maximum absolute atomic E-state index is 12.1. The van der Waals surface area contributed by atoms with Crippen LogP contribution in [0.25, 0.3) is 0 Å². The third kappa shape index (κ3) is 4.49. The standard InChI is InChI=1S/C18H19ClN2O3/c1-11-6-4-5-7-15(11)18(23)21-20-17(22)13(3)24-16-9-8-14(19)10-12(16)2/h4-10,13H,1-3H3,(H,20,22)(H,21,23). The van der Waals surface area contributed by atoms with Crippen molar-refractivity contribution < 1.29 is 14.3 Å². The van der Waals surface area contributed by atoms with Gasteiger partial charge in [-0.2, -0.15) is 0 Å². The molecule has 2 amide bonds. The quantitative estimate of drug-likeness (QED) is 0.835. The highest BCUT2D eigenvalue weighted by Gasteiger charge is 2.17. The van der Waals surface area contributed by atoms with E-state index in [1.54, 1.807) is 37.3 Å². The lowest BCUT2D eigenvalue weighted by atomic mass is 10.1. The molecule has 1 unspecified atom stereocenters. The summed E-state index contributed by atoms with van der Waals surface area (Å²) in [6.07, 6.45) is -0.776. The first kappa shape index (κ1) is 17.8. The van der Waals surface area contributed by atoms with E-state index < -0.39 is 12.0 Å². The molecule has 2 N–H and O–H groups in total. The van der Waals surface area contributed by atoms with Crippen LogP contribution in [0.4, 0.5) is 0 Å². The van der Waals surface area contributed by atoms with Crippen LogP contribution < -0.4 is 15.6 Å². The highest BCUT2D eigenvalue weighted by molar-refractivity contribution is 6.30. The van der Waals surface area contributed by atoms with Gasteiger partial charge in [0, 0.05) is 10.6 Å². The van der Waals surface area contributed by atoms with Crippen LogP contribution in [-0.4, -0.2) is 17.9 Å². The van der Waals surface area contributed by atoms with Gasteiger partial charge in [0.1, 0.15) is 5.75 Å². The van der Waals surface area contributed by atoms with Gasteiger partial charge in [0.25, 0.3) is 11.8 Å². The summed E-state index contributed by atoms with van der Waals surface area (Å²) in [5, 5.41) is 0.599. The molecule has 6 heteroatoms. The lowest BCUT2D eigenvalue weighted by Crippen LogP contribution is -2.47. The number of hydrazine groups is 1. The Bertz CT molecular complexity index is 762. The monoisotopic (exact) mass is 346 g/mol. The molecule has 0 aromatic heterocycles. The van der Waals surface area contributed by atoms with Crippen molar-refractivity contribution in [2.45, 2.75) is 26.9 Å². The topological polar surface area (TPSA) is 67.4 Å². The van der Waals surface area contributed by atoms with Gasteiger partial charge in [-0.15, -0.1) is 0 Å². The predicted octanol–water partition coefficient (Wildman–Crippen LogP) is 3.19. The van der Waals surface area contributed by atoms with Crippen LogP contribution >= 0.6 is 11.6 Å². The molecule has 126 valence electrons. The van der Waals surface area contributed by atoms with Crippen molar-refractivity contribution in [3.05, 3.63) is 64.2 Å². The third-order valence-corrected chi connectivity index (χ3v) is 3.73. The van der Waals surface area contributed by atoms with E-state index in [2.05, 4.69) is 10.9 Å². The number of nitrogens with one attached hydrogen (secondary N) is 2. The minimum atomic E-state index is -0.776. The van der Waals surface area contributed by atoms with Crippen molar-refractivity contribution in [3.8, 4) is 5.75 Å². The summed E-state index contributed by atoms with van der Waals surface area (Å²) < 4.78 is 5.60. The second-order valence-electron chi connectivity index (χ2n) is 5.43. The minimum Gasteiger partial charge on any atom is -0.481 e. The zero-order valence-electron chi connectivity index (χ0n) is 13.7. The van der Waals surface area contributed by atoms with Crippen molar-refractivity contribution in [3.63, 3.8) is 0 Å². The molecule has 0 saturated heterocycles. The number of carbonyl (C=O) groups excluding carboxylic acids is 2. The second kappa shape index (κ2) is 7.84. The summed E-state index contributed by atoms with van der Waals surface area (Å²) in [7, 11) is 0. The van der Waals surface area contributed by atoms with Gasteiger partial charge in [0.2, 0.25) is 0 Å². The molecular formula is C18H19ClN2O3. The van der Waals surface area contributed by atoms with Crippen molar-refractivity contribution in [2.75, 3.05) is 0 Å². The maximum atomic E-state index is 12.1. The van der Waals surface area contributed by atoms with Gasteiger partial charge in [0.15, 0.2) is 6.10 Å². The van der Waals surface area contributed by atoms with Crippen LogP contribution in [0.5, 0.6) is 5.75 Å². The third-order valence-electron chi connectivity index (χ3n) is 3.50. The van der Waals surface area contributed by atoms with Crippen molar-refractivity contribution in [1.29, 1.82) is 0 Å². The van der Waals surface area contributed by atoms with Gasteiger partial charge in [-0.25, -0.2) is 0 Å². The Kier molecular flexibility index (Phi) is 5.82. The van der Waals surface area contributed by atoms with Crippen LogP contribution in [0.1, 0.15) is 28.4 Å². The minimum absolute atomic E-state index is 0.378. The molecule has 0 saturated carbocycles. The van der Waals surface area contributed by atoms with E-state index in [-0.39, 0.29) is 5.91 Å². The summed E-state index contributed by atoms with van der Waals surface area (Å²) in [6, 6.07) is 12.3. The number of hydrogen-bond donors (Lipinski definition) is 2. The molecule has 2 rings (SSSR count). The van der Waals surface area contributed by atoms with E-state index in [0.717, 1.165) is 11.1 Å². The molecule has 0 heterocycles. The summed E-state index contributed by atoms with van der Waals surface area (Å²) >= 11 is 5.89. The number of carbonyl (C=O) groups is 2. The van der Waals surface area contributed by atoms with Crippen molar-refractivity contribution >= 4 is 23.4 Å². The Balaban J connectivity index is 1.92. The lowest BCUT2D eigenvalue weighted by molar-refractivity contribution is -0.128. The van der Waals surface area contributed by atoms with E-state index in [9.17, 15) is 9.59 Å². The van der Waals surface area contributed by atoms with Crippen LogP contribution in [0.2, 0.25) is 5.02 Å². The summed E-state index contributed by atoms with van der Waals surface area (Å²) in [5.74, 6) is -0.269. The molecular weight excluding hydrogens is 328 g/mol. The molecule has 0 spiro atoms. The summed E-state index contributed by atoms with van der Waals surface area (Å²) in [4.78, 5) is 24.1. The number of rotatable bonds is 4. The molecule has 24 heavy (non-hydrogen) atoms. The highest BCUT2D eigenvalue weighted by Crippen LogP contribution is 2.22. The first-order valence-electron chi connectivity index (χ1n) is 7.47. The SMILES string of the molecule is Cc1cc(Cl)ccc1OC(C)C(=O)NNC(=O)c1ccccc1C. The summed E-state index contributed by atoms with van der Waals surface area (Å²) in [6.45, 7) is 5.26. The van der Waals surface area contributed by atoms with Gasteiger partial charge < -0.3 is 4.74 Å². The fraction of sp³-hybridized carbons (Fsp3) is 0.222. The molecule has 0 aliphatic heterocycles. The van der Waals surface area contributed by atoms with Gasteiger partial charge in [-0.1, -0.05) is 29.8 Å². The first-order chi connectivity index (χ1) is 11.4. The highest BCUT2D eigenvalue weighted by atomic mass is 35.5. The summed E-state index contributed by atoms with van der Waals surface area (Å²) in [5.41, 5.74) is 6.91. The van der Waals surface area contributed by atoms with Gasteiger partial charge in [-0.3, -0.25) is 20.4 Å². The molecule has 0 radical (unpaired) electrons. The molecule has 2 aromatic carbocycles. The van der Waals surface area contributed by atoms with Crippen LogP contribution in [0, 0.1) is 13.8 Å². The average Bonchev–Trinajstić information content (AvgIpc) is 2.55.